The first-order chi connectivity index (χ1) is 34.9. The van der Waals surface area contributed by atoms with Crippen molar-refractivity contribution in [1.82, 2.24) is 0 Å². The lowest BCUT2D eigenvalue weighted by molar-refractivity contribution is -0.432. The minimum absolute atomic E-state index is 0.0888. The first-order valence-corrected chi connectivity index (χ1v) is 24.1. The number of nitrogens with zero attached hydrogens (tertiary/aromatic N) is 5. The number of azo groups is 2. The van der Waals surface area contributed by atoms with Crippen LogP contribution in [-0.2, 0) is 38.2 Å². The highest BCUT2D eigenvalue weighted by Crippen LogP contribution is 2.44. The first-order valence-electron chi connectivity index (χ1n) is 20.4. The molecule has 0 heterocycles. The zero-order valence-corrected chi connectivity index (χ0v) is 39.8. The van der Waals surface area contributed by atoms with Crippen LogP contribution in [0.3, 0.4) is 0 Å². The number of hydrogen-bond acceptors (Lipinski definition) is 24. The molecule has 8 N–H and O–H groups in total. The number of hydrogen-bond donors (Lipinski definition) is 7. The van der Waals surface area contributed by atoms with Crippen molar-refractivity contribution in [2.45, 2.75) is 21.6 Å². The predicted molar refractivity (Wildman–Crippen MR) is 266 cm³/mol. The summed E-state index contributed by atoms with van der Waals surface area (Å²) in [5.74, 6) is -0.825. The fourth-order valence-corrected chi connectivity index (χ4v) is 8.88. The number of ether oxygens (including phenoxy) is 1. The average Bonchev–Trinajstić information content (AvgIpc) is 3.37. The van der Waals surface area contributed by atoms with E-state index in [0.717, 1.165) is 12.0 Å². The molecule has 1 amide bonds. The summed E-state index contributed by atoms with van der Waals surface area (Å²) in [6, 6.07) is 31.0. The summed E-state index contributed by atoms with van der Waals surface area (Å²) in [7, 11) is -4.68. The number of nitrogens with one attached hydrogen (secondary N) is 2. The Morgan fingerprint density at radius 1 is 0.694 bits per heavy atom. The van der Waals surface area contributed by atoms with Gasteiger partial charge in [-0.2, -0.15) is 18.6 Å². The Kier molecular flexibility index (Phi) is 16.6. The molecule has 1 aliphatic rings. The number of benzene rings is 7. The van der Waals surface area contributed by atoms with Crippen molar-refractivity contribution in [3.8, 4) is 5.75 Å². The third kappa shape index (κ3) is 12.1. The third-order valence-corrected chi connectivity index (χ3v) is 12.8. The molecule has 0 saturated heterocycles. The van der Waals surface area contributed by atoms with Crippen molar-refractivity contribution in [1.29, 1.82) is 0 Å². The van der Waals surface area contributed by atoms with Gasteiger partial charge in [-0.25, -0.2) is 15.8 Å². The summed E-state index contributed by atoms with van der Waals surface area (Å²) in [4.78, 5) is 27.8. The SMILES string of the molecule is CCOc1cc(/N=N/c2ccc(/N=N/c3cccc(SOOO)c3)c3ccc(S(=O)(=O)O)cc23)c2cc(SOOO)ccc2c1N/N=C1\C(=O)c2ccc(NC(=O)c3cccc(N)c3)cc2C=C1SOOO. The molecule has 0 spiro atoms. The summed E-state index contributed by atoms with van der Waals surface area (Å²) < 4.78 is 54.7. The van der Waals surface area contributed by atoms with Crippen LogP contribution in [0.5, 0.6) is 5.75 Å². The molecule has 0 fully saturated rings. The van der Waals surface area contributed by atoms with Gasteiger partial charge in [0, 0.05) is 59.9 Å². The highest BCUT2D eigenvalue weighted by molar-refractivity contribution is 7.99. The van der Waals surface area contributed by atoms with Gasteiger partial charge in [0.2, 0.25) is 5.78 Å². The van der Waals surface area contributed by atoms with Gasteiger partial charge < -0.3 is 15.8 Å². The maximum Gasteiger partial charge on any atom is 0.294 e. The number of ketones is 1. The van der Waals surface area contributed by atoms with E-state index in [0.29, 0.717) is 83.9 Å². The van der Waals surface area contributed by atoms with Crippen LogP contribution in [0.15, 0.2) is 166 Å². The van der Waals surface area contributed by atoms with Crippen LogP contribution in [0.2, 0.25) is 0 Å². The summed E-state index contributed by atoms with van der Waals surface area (Å²) in [5, 5.41) is 64.3. The Labute approximate surface area is 419 Å². The van der Waals surface area contributed by atoms with Gasteiger partial charge in [0.05, 0.1) is 75.3 Å². The summed E-state index contributed by atoms with van der Waals surface area (Å²) >= 11 is 1.87. The minimum Gasteiger partial charge on any atom is -0.492 e. The lowest BCUT2D eigenvalue weighted by Crippen LogP contribution is -2.22. The molecule has 8 rings (SSSR count). The van der Waals surface area contributed by atoms with E-state index >= 15 is 0 Å². The molecule has 27 heteroatoms. The molecule has 0 bridgehead atoms. The Morgan fingerprint density at radius 2 is 1.38 bits per heavy atom. The van der Waals surface area contributed by atoms with E-state index in [2.05, 4.69) is 55.7 Å². The van der Waals surface area contributed by atoms with Crippen molar-refractivity contribution < 1.29 is 71.2 Å². The number of amides is 1. The monoisotopic (exact) mass is 1050 g/mol. The lowest BCUT2D eigenvalue weighted by Gasteiger charge is -2.19. The van der Waals surface area contributed by atoms with E-state index in [4.69, 9.17) is 34.9 Å². The van der Waals surface area contributed by atoms with Crippen molar-refractivity contribution in [2.24, 2.45) is 25.6 Å². The van der Waals surface area contributed by atoms with Crippen LogP contribution < -0.4 is 21.2 Å². The molecule has 368 valence electrons. The maximum absolute atomic E-state index is 14.2. The molecule has 0 atom stereocenters. The number of nitrogen functional groups attached to an aromatic ring is 1. The van der Waals surface area contributed by atoms with Gasteiger partial charge in [0.15, 0.2) is 0 Å². The second-order valence-corrected chi connectivity index (χ2v) is 18.3. The Bertz CT molecular complexity index is 3470. The molecule has 0 radical (unpaired) electrons. The predicted octanol–water partition coefficient (Wildman–Crippen LogP) is 12.2. The number of carbonyl (C=O) groups is 2. The van der Waals surface area contributed by atoms with Crippen molar-refractivity contribution >= 4 is 131 Å². The number of hydrazone groups is 1. The lowest BCUT2D eigenvalue weighted by atomic mass is 9.94. The molecule has 0 saturated carbocycles. The van der Waals surface area contributed by atoms with Crippen molar-refractivity contribution in [2.75, 3.05) is 23.1 Å². The Balaban J connectivity index is 1.18. The van der Waals surface area contributed by atoms with Gasteiger partial charge in [-0.15, -0.1) is 28.3 Å². The molecule has 7 aromatic rings. The van der Waals surface area contributed by atoms with E-state index in [9.17, 15) is 22.6 Å². The Hall–Kier alpha value is -7.19. The first kappa shape index (κ1) is 51.2. The van der Waals surface area contributed by atoms with Gasteiger partial charge in [-0.05, 0) is 110 Å². The normalized spacial score (nSPS) is 13.3. The minimum atomic E-state index is -4.68. The summed E-state index contributed by atoms with van der Waals surface area (Å²) in [5.41, 5.74) is 11.6. The molecule has 7 aromatic carbocycles. The van der Waals surface area contributed by atoms with Crippen LogP contribution in [0.1, 0.15) is 33.2 Å². The molecule has 1 aliphatic carbocycles. The number of rotatable bonds is 20. The highest BCUT2D eigenvalue weighted by atomic mass is 32.2. The smallest absolute Gasteiger partial charge is 0.294 e. The average molecular weight is 1060 g/mol. The molecule has 0 unspecified atom stereocenters. The summed E-state index contributed by atoms with van der Waals surface area (Å²) in [6.07, 6.45) is 1.54. The van der Waals surface area contributed by atoms with E-state index in [1.54, 1.807) is 91.9 Å². The number of Topliss-reactive ketones (excluding diaryl/α,β-unsaturated/α-hetero) is 1. The molecular weight excluding hydrogens is 1020 g/mol. The number of anilines is 3. The number of allylic oxidation sites excluding steroid dienone is 1. The molecule has 23 nitrogen and oxygen atoms in total. The zero-order valence-electron chi connectivity index (χ0n) is 36.6. The number of carbonyl (C=O) groups excluding carboxylic acids is 2. The topological polar surface area (TPSA) is 326 Å². The summed E-state index contributed by atoms with van der Waals surface area (Å²) in [6.45, 7) is 1.88. The standard InChI is InChI=1S/C45H34N8O15S4/c1-2-62-40-23-39(51-50-38-16-15-37(33-14-11-31(22-36(33)38)72(59,60)61)49-48-28-7-4-8-29(20-28)69-66-63-56)35-21-30(70-67-64-57)10-13-34(35)42(40)52-53-43-41(71-68-65-58)19-25-18-27(9-12-32(25)44(43)54)47-45(55)24-5-3-6-26(46)17-24/h3-23,52,56-58H,2,46H2,1H3,(H,47,55)(H,59,60,61)/b49-48+,51-50+,53-43-. The third-order valence-electron chi connectivity index (χ3n) is 10.1. The van der Waals surface area contributed by atoms with Gasteiger partial charge in [-0.3, -0.25) is 19.6 Å². The zero-order chi connectivity index (χ0) is 50.8. The van der Waals surface area contributed by atoms with E-state index < -0.39 is 26.7 Å². The highest BCUT2D eigenvalue weighted by Gasteiger charge is 2.29. The molecule has 0 aliphatic heterocycles. The van der Waals surface area contributed by atoms with Crippen LogP contribution in [0.4, 0.5) is 39.8 Å². The van der Waals surface area contributed by atoms with Crippen molar-refractivity contribution in [3.05, 3.63) is 143 Å². The van der Waals surface area contributed by atoms with Crippen LogP contribution in [-0.4, -0.2) is 52.8 Å². The fraction of sp³-hybridized carbons (Fsp3) is 0.0444. The quantitative estimate of drug-likeness (QED) is 0.00931. The molecule has 72 heavy (non-hydrogen) atoms. The van der Waals surface area contributed by atoms with E-state index in [1.165, 1.54) is 42.5 Å². The number of nitrogens with two attached hydrogens (primary N) is 1. The van der Waals surface area contributed by atoms with Crippen molar-refractivity contribution in [3.63, 3.8) is 0 Å². The second kappa shape index (κ2) is 23.4. The number of fused-ring (bicyclic) bond motifs is 3. The van der Waals surface area contributed by atoms with Gasteiger partial charge in [0.25, 0.3) is 16.0 Å². The fourth-order valence-electron chi connectivity index (χ4n) is 7.07. The Morgan fingerprint density at radius 3 is 2.11 bits per heavy atom. The molecular formula is C45H34N8O15S4. The largest absolute Gasteiger partial charge is 0.492 e. The maximum atomic E-state index is 14.2. The van der Waals surface area contributed by atoms with Gasteiger partial charge in [-0.1, -0.05) is 39.4 Å². The van der Waals surface area contributed by atoms with Crippen LogP contribution in [0, 0.1) is 0 Å². The second-order valence-electron chi connectivity index (χ2n) is 14.6. The van der Waals surface area contributed by atoms with Crippen LogP contribution >= 0.6 is 36.1 Å². The van der Waals surface area contributed by atoms with Gasteiger partial charge in [0.1, 0.15) is 17.1 Å². The van der Waals surface area contributed by atoms with Gasteiger partial charge >= 0.3 is 0 Å². The van der Waals surface area contributed by atoms with Crippen LogP contribution in [0.25, 0.3) is 27.6 Å². The molecule has 0 aromatic heterocycles. The van der Waals surface area contributed by atoms with E-state index in [-0.39, 0.29) is 51.0 Å². The van der Waals surface area contributed by atoms with E-state index in [1.807, 2.05) is 0 Å².